The molecule has 1 N–H and O–H groups in total. The number of thiazole rings is 1. The SMILES string of the molecule is CC(=O)Nc1nc([C@H]2CCCCN2CC(=O)N2CCCC2)cs1. The summed E-state index contributed by atoms with van der Waals surface area (Å²) in [4.78, 5) is 32.4. The fraction of sp³-hybridized carbons (Fsp3) is 0.688. The summed E-state index contributed by atoms with van der Waals surface area (Å²) in [6, 6.07) is 0.189. The van der Waals surface area contributed by atoms with Gasteiger partial charge in [-0.3, -0.25) is 14.5 Å². The van der Waals surface area contributed by atoms with Crippen LogP contribution in [0, 0.1) is 0 Å². The number of piperidine rings is 1. The Hall–Kier alpha value is -1.47. The van der Waals surface area contributed by atoms with E-state index in [1.165, 1.54) is 18.3 Å². The van der Waals surface area contributed by atoms with Gasteiger partial charge in [0.25, 0.3) is 0 Å². The normalized spacial score (nSPS) is 22.3. The lowest BCUT2D eigenvalue weighted by Crippen LogP contribution is -2.42. The van der Waals surface area contributed by atoms with Crippen LogP contribution in [0.5, 0.6) is 0 Å². The molecule has 3 rings (SSSR count). The first-order chi connectivity index (χ1) is 11.1. The third-order valence-corrected chi connectivity index (χ3v) is 5.33. The molecule has 0 saturated carbocycles. The average molecular weight is 336 g/mol. The second kappa shape index (κ2) is 7.40. The molecule has 0 bridgehead atoms. The van der Waals surface area contributed by atoms with Crippen LogP contribution in [0.15, 0.2) is 5.38 Å². The van der Waals surface area contributed by atoms with E-state index in [0.717, 1.165) is 57.4 Å². The van der Waals surface area contributed by atoms with E-state index < -0.39 is 0 Å². The molecule has 0 aromatic carbocycles. The van der Waals surface area contributed by atoms with Crippen molar-refractivity contribution in [1.82, 2.24) is 14.8 Å². The van der Waals surface area contributed by atoms with Crippen molar-refractivity contribution >= 4 is 28.3 Å². The molecule has 0 radical (unpaired) electrons. The van der Waals surface area contributed by atoms with Gasteiger partial charge in [-0.25, -0.2) is 4.98 Å². The maximum Gasteiger partial charge on any atom is 0.236 e. The van der Waals surface area contributed by atoms with Gasteiger partial charge in [0.1, 0.15) is 0 Å². The zero-order valence-electron chi connectivity index (χ0n) is 13.6. The third kappa shape index (κ3) is 4.09. The minimum Gasteiger partial charge on any atom is -0.342 e. The van der Waals surface area contributed by atoms with Gasteiger partial charge in [0.05, 0.1) is 18.3 Å². The summed E-state index contributed by atoms with van der Waals surface area (Å²) in [5.41, 5.74) is 0.979. The average Bonchev–Trinajstić information content (AvgIpc) is 3.18. The number of aromatic nitrogens is 1. The Bertz CT molecular complexity index is 568. The number of carbonyl (C=O) groups excluding carboxylic acids is 2. The van der Waals surface area contributed by atoms with Crippen molar-refractivity contribution in [2.75, 3.05) is 31.5 Å². The number of nitrogens with one attached hydrogen (secondary N) is 1. The number of likely N-dealkylation sites (tertiary alicyclic amines) is 2. The molecule has 126 valence electrons. The van der Waals surface area contributed by atoms with Crippen molar-refractivity contribution in [3.8, 4) is 0 Å². The van der Waals surface area contributed by atoms with Crippen molar-refractivity contribution in [3.63, 3.8) is 0 Å². The van der Waals surface area contributed by atoms with E-state index >= 15 is 0 Å². The van der Waals surface area contributed by atoms with Crippen LogP contribution in [-0.4, -0.2) is 52.8 Å². The molecule has 0 spiro atoms. The molecule has 1 aromatic heterocycles. The molecule has 2 saturated heterocycles. The molecule has 0 aliphatic carbocycles. The number of rotatable bonds is 4. The molecule has 2 aliphatic heterocycles. The molecule has 6 nitrogen and oxygen atoms in total. The van der Waals surface area contributed by atoms with Crippen molar-refractivity contribution in [2.45, 2.75) is 45.1 Å². The molecule has 23 heavy (non-hydrogen) atoms. The quantitative estimate of drug-likeness (QED) is 0.916. The highest BCUT2D eigenvalue weighted by atomic mass is 32.1. The molecular formula is C16H24N4O2S. The number of nitrogens with zero attached hydrogens (tertiary/aromatic N) is 3. The Morgan fingerprint density at radius 1 is 1.26 bits per heavy atom. The van der Waals surface area contributed by atoms with Gasteiger partial charge in [-0.1, -0.05) is 6.42 Å². The first kappa shape index (κ1) is 16.4. The molecule has 3 heterocycles. The van der Waals surface area contributed by atoms with Crippen LogP contribution >= 0.6 is 11.3 Å². The topological polar surface area (TPSA) is 65.5 Å². The van der Waals surface area contributed by atoms with Crippen molar-refractivity contribution in [3.05, 3.63) is 11.1 Å². The Labute approximate surface area is 140 Å². The summed E-state index contributed by atoms with van der Waals surface area (Å²) in [6.07, 6.45) is 5.57. The van der Waals surface area contributed by atoms with E-state index in [9.17, 15) is 9.59 Å². The van der Waals surface area contributed by atoms with Gasteiger partial charge in [0, 0.05) is 25.4 Å². The summed E-state index contributed by atoms with van der Waals surface area (Å²) in [5.74, 6) is 0.141. The monoisotopic (exact) mass is 336 g/mol. The molecule has 2 fully saturated rings. The van der Waals surface area contributed by atoms with Crippen LogP contribution in [0.25, 0.3) is 0 Å². The van der Waals surface area contributed by atoms with Gasteiger partial charge in [0.15, 0.2) is 5.13 Å². The van der Waals surface area contributed by atoms with E-state index in [0.29, 0.717) is 11.7 Å². The van der Waals surface area contributed by atoms with E-state index in [-0.39, 0.29) is 17.9 Å². The predicted molar refractivity (Wildman–Crippen MR) is 90.4 cm³/mol. The fourth-order valence-corrected chi connectivity index (χ4v) is 4.21. The van der Waals surface area contributed by atoms with Crippen molar-refractivity contribution in [1.29, 1.82) is 0 Å². The van der Waals surface area contributed by atoms with Gasteiger partial charge in [-0.2, -0.15) is 0 Å². The van der Waals surface area contributed by atoms with Gasteiger partial charge >= 0.3 is 0 Å². The van der Waals surface area contributed by atoms with E-state index in [1.807, 2.05) is 10.3 Å². The number of hydrogen-bond acceptors (Lipinski definition) is 5. The first-order valence-corrected chi connectivity index (χ1v) is 9.26. The third-order valence-electron chi connectivity index (χ3n) is 4.56. The predicted octanol–water partition coefficient (Wildman–Crippen LogP) is 2.25. The Kier molecular flexibility index (Phi) is 5.27. The first-order valence-electron chi connectivity index (χ1n) is 8.38. The summed E-state index contributed by atoms with van der Waals surface area (Å²) in [6.45, 7) is 4.72. The minimum atomic E-state index is -0.101. The van der Waals surface area contributed by atoms with Crippen LogP contribution in [0.2, 0.25) is 0 Å². The van der Waals surface area contributed by atoms with Gasteiger partial charge < -0.3 is 10.2 Å². The summed E-state index contributed by atoms with van der Waals surface area (Å²) >= 11 is 1.45. The zero-order valence-corrected chi connectivity index (χ0v) is 14.4. The van der Waals surface area contributed by atoms with Crippen LogP contribution in [0.1, 0.15) is 50.8 Å². The molecule has 0 unspecified atom stereocenters. The largest absolute Gasteiger partial charge is 0.342 e. The second-order valence-corrected chi connectivity index (χ2v) is 7.19. The smallest absolute Gasteiger partial charge is 0.236 e. The number of amides is 2. The minimum absolute atomic E-state index is 0.101. The molecular weight excluding hydrogens is 312 g/mol. The molecule has 1 aromatic rings. The van der Waals surface area contributed by atoms with Crippen LogP contribution in [0.3, 0.4) is 0 Å². The van der Waals surface area contributed by atoms with Crippen LogP contribution < -0.4 is 5.32 Å². The maximum atomic E-state index is 12.5. The van der Waals surface area contributed by atoms with Crippen molar-refractivity contribution < 1.29 is 9.59 Å². The molecule has 1 atom stereocenters. The lowest BCUT2D eigenvalue weighted by Gasteiger charge is -2.35. The Morgan fingerprint density at radius 3 is 2.74 bits per heavy atom. The zero-order chi connectivity index (χ0) is 16.2. The summed E-state index contributed by atoms with van der Waals surface area (Å²) in [5, 5.41) is 5.39. The summed E-state index contributed by atoms with van der Waals surface area (Å²) < 4.78 is 0. The lowest BCUT2D eigenvalue weighted by molar-refractivity contribution is -0.132. The van der Waals surface area contributed by atoms with E-state index in [4.69, 9.17) is 0 Å². The highest BCUT2D eigenvalue weighted by Crippen LogP contribution is 2.32. The van der Waals surface area contributed by atoms with Gasteiger partial charge in [-0.05, 0) is 32.2 Å². The molecule has 2 amide bonds. The Balaban J connectivity index is 1.67. The maximum absolute atomic E-state index is 12.5. The van der Waals surface area contributed by atoms with E-state index in [1.54, 1.807) is 0 Å². The number of carbonyl (C=O) groups is 2. The van der Waals surface area contributed by atoms with Crippen LogP contribution in [-0.2, 0) is 9.59 Å². The van der Waals surface area contributed by atoms with Crippen LogP contribution in [0.4, 0.5) is 5.13 Å². The standard InChI is InChI=1S/C16H24N4O2S/c1-12(21)17-16-18-13(11-23-16)14-6-2-3-9-20(14)10-15(22)19-7-4-5-8-19/h11,14H,2-10H2,1H3,(H,17,18,21)/t14-/m1/s1. The fourth-order valence-electron chi connectivity index (χ4n) is 3.40. The number of anilines is 1. The lowest BCUT2D eigenvalue weighted by atomic mass is 10.00. The molecule has 2 aliphatic rings. The van der Waals surface area contributed by atoms with Gasteiger partial charge in [0.2, 0.25) is 11.8 Å². The van der Waals surface area contributed by atoms with E-state index in [2.05, 4.69) is 15.2 Å². The summed E-state index contributed by atoms with van der Waals surface area (Å²) in [7, 11) is 0. The number of hydrogen-bond donors (Lipinski definition) is 1. The Morgan fingerprint density at radius 2 is 2.00 bits per heavy atom. The van der Waals surface area contributed by atoms with Gasteiger partial charge in [-0.15, -0.1) is 11.3 Å². The second-order valence-electron chi connectivity index (χ2n) is 6.33. The van der Waals surface area contributed by atoms with Crippen molar-refractivity contribution in [2.24, 2.45) is 0 Å². The molecule has 7 heteroatoms. The highest BCUT2D eigenvalue weighted by molar-refractivity contribution is 7.13. The highest BCUT2D eigenvalue weighted by Gasteiger charge is 2.29.